The second-order valence-electron chi connectivity index (χ2n) is 5.52. The number of rotatable bonds is 6. The summed E-state index contributed by atoms with van der Waals surface area (Å²) in [6.07, 6.45) is 1.96. The number of ether oxygens (including phenoxy) is 1. The third-order valence-corrected chi connectivity index (χ3v) is 3.88. The summed E-state index contributed by atoms with van der Waals surface area (Å²) < 4.78 is 5.36. The molecule has 0 aliphatic carbocycles. The molecule has 0 spiro atoms. The lowest BCUT2D eigenvalue weighted by molar-refractivity contribution is -0.145. The van der Waals surface area contributed by atoms with E-state index in [9.17, 15) is 4.79 Å². The van der Waals surface area contributed by atoms with E-state index < -0.39 is 5.97 Å². The average molecular weight is 277 g/mol. The van der Waals surface area contributed by atoms with Crippen LogP contribution in [0.25, 0.3) is 0 Å². The molecule has 1 N–H and O–H groups in total. The van der Waals surface area contributed by atoms with Crippen molar-refractivity contribution < 1.29 is 14.6 Å². The molecule has 2 rings (SSSR count). The largest absolute Gasteiger partial charge is 0.480 e. The predicted octanol–water partition coefficient (Wildman–Crippen LogP) is 2.36. The highest BCUT2D eigenvalue weighted by Gasteiger charge is 2.21. The molecule has 1 aliphatic rings. The number of benzene rings is 1. The van der Waals surface area contributed by atoms with Crippen molar-refractivity contribution in [1.29, 1.82) is 0 Å². The summed E-state index contributed by atoms with van der Waals surface area (Å²) in [7, 11) is 0. The predicted molar refractivity (Wildman–Crippen MR) is 77.9 cm³/mol. The maximum atomic E-state index is 10.5. The summed E-state index contributed by atoms with van der Waals surface area (Å²) in [5.74, 6) is -0.363. The fourth-order valence-electron chi connectivity index (χ4n) is 2.72. The van der Waals surface area contributed by atoms with E-state index in [-0.39, 0.29) is 12.7 Å². The van der Waals surface area contributed by atoms with Crippen molar-refractivity contribution >= 4 is 5.97 Å². The molecule has 1 aromatic carbocycles. The van der Waals surface area contributed by atoms with Crippen LogP contribution >= 0.6 is 0 Å². The topological polar surface area (TPSA) is 49.8 Å². The molecule has 4 nitrogen and oxygen atoms in total. The van der Waals surface area contributed by atoms with Crippen molar-refractivity contribution in [3.63, 3.8) is 0 Å². The number of likely N-dealkylation sites (tertiary alicyclic amines) is 1. The Morgan fingerprint density at radius 2 is 2.00 bits per heavy atom. The van der Waals surface area contributed by atoms with Gasteiger partial charge < -0.3 is 14.7 Å². The quantitative estimate of drug-likeness (QED) is 0.867. The van der Waals surface area contributed by atoms with Crippen LogP contribution in [0.15, 0.2) is 30.3 Å². The van der Waals surface area contributed by atoms with E-state index in [1.165, 1.54) is 5.56 Å². The first-order valence-corrected chi connectivity index (χ1v) is 7.26. The van der Waals surface area contributed by atoms with Crippen LogP contribution in [0, 0.1) is 0 Å². The van der Waals surface area contributed by atoms with E-state index in [1.54, 1.807) is 0 Å². The molecule has 1 atom stereocenters. The van der Waals surface area contributed by atoms with Gasteiger partial charge in [-0.25, -0.2) is 4.79 Å². The first kappa shape index (κ1) is 15.0. The number of aliphatic carboxylic acids is 1. The SMILES string of the molecule is CC(CN1CCC(OCC(=O)O)CC1)c1ccccc1. The number of hydrogen-bond donors (Lipinski definition) is 1. The molecule has 110 valence electrons. The lowest BCUT2D eigenvalue weighted by Crippen LogP contribution is -2.39. The van der Waals surface area contributed by atoms with Crippen molar-refractivity contribution in [3.05, 3.63) is 35.9 Å². The average Bonchev–Trinajstić information content (AvgIpc) is 2.47. The Bertz CT molecular complexity index is 413. The smallest absolute Gasteiger partial charge is 0.329 e. The zero-order chi connectivity index (χ0) is 14.4. The van der Waals surface area contributed by atoms with Gasteiger partial charge in [0.15, 0.2) is 0 Å². The molecule has 0 amide bonds. The monoisotopic (exact) mass is 277 g/mol. The molecular formula is C16H23NO3. The Morgan fingerprint density at radius 1 is 1.35 bits per heavy atom. The number of carboxylic acid groups (broad SMARTS) is 1. The molecule has 0 aromatic heterocycles. The normalized spacial score (nSPS) is 18.9. The van der Waals surface area contributed by atoms with Crippen LogP contribution in [-0.4, -0.2) is 48.3 Å². The molecular weight excluding hydrogens is 254 g/mol. The van der Waals surface area contributed by atoms with Crippen LogP contribution in [0.5, 0.6) is 0 Å². The molecule has 20 heavy (non-hydrogen) atoms. The van der Waals surface area contributed by atoms with E-state index in [4.69, 9.17) is 9.84 Å². The van der Waals surface area contributed by atoms with E-state index in [1.807, 2.05) is 6.07 Å². The first-order valence-electron chi connectivity index (χ1n) is 7.26. The van der Waals surface area contributed by atoms with Gasteiger partial charge in [0.05, 0.1) is 6.10 Å². The number of carbonyl (C=O) groups is 1. The van der Waals surface area contributed by atoms with E-state index in [0.717, 1.165) is 32.5 Å². The van der Waals surface area contributed by atoms with Gasteiger partial charge in [-0.1, -0.05) is 37.3 Å². The number of hydrogen-bond acceptors (Lipinski definition) is 3. The lowest BCUT2D eigenvalue weighted by atomic mass is 9.99. The van der Waals surface area contributed by atoms with Crippen LogP contribution in [0.1, 0.15) is 31.2 Å². The number of piperidine rings is 1. The lowest BCUT2D eigenvalue weighted by Gasteiger charge is -2.33. The first-order chi connectivity index (χ1) is 9.65. The highest BCUT2D eigenvalue weighted by Crippen LogP contribution is 2.20. The minimum absolute atomic E-state index is 0.106. The van der Waals surface area contributed by atoms with Gasteiger partial charge in [0, 0.05) is 19.6 Å². The third kappa shape index (κ3) is 4.62. The molecule has 1 saturated heterocycles. The summed E-state index contributed by atoms with van der Waals surface area (Å²) in [6, 6.07) is 10.6. The van der Waals surface area contributed by atoms with Gasteiger partial charge in [-0.3, -0.25) is 0 Å². The summed E-state index contributed by atoms with van der Waals surface area (Å²) in [4.78, 5) is 12.9. The summed E-state index contributed by atoms with van der Waals surface area (Å²) in [5.41, 5.74) is 1.37. The molecule has 0 radical (unpaired) electrons. The van der Waals surface area contributed by atoms with E-state index >= 15 is 0 Å². The van der Waals surface area contributed by atoms with Crippen molar-refractivity contribution in [3.8, 4) is 0 Å². The number of carboxylic acids is 1. The third-order valence-electron chi connectivity index (χ3n) is 3.88. The Kier molecular flexibility index (Phi) is 5.56. The van der Waals surface area contributed by atoms with Gasteiger partial charge in [0.1, 0.15) is 6.61 Å². The van der Waals surface area contributed by atoms with Gasteiger partial charge in [-0.15, -0.1) is 0 Å². The summed E-state index contributed by atoms with van der Waals surface area (Å²) in [5, 5.41) is 8.61. The van der Waals surface area contributed by atoms with Crippen LogP contribution < -0.4 is 0 Å². The Balaban J connectivity index is 1.73. The van der Waals surface area contributed by atoms with Crippen LogP contribution in [-0.2, 0) is 9.53 Å². The highest BCUT2D eigenvalue weighted by molar-refractivity contribution is 5.68. The van der Waals surface area contributed by atoms with E-state index in [0.29, 0.717) is 5.92 Å². The Hall–Kier alpha value is -1.39. The van der Waals surface area contributed by atoms with Crippen LogP contribution in [0.2, 0.25) is 0 Å². The molecule has 1 heterocycles. The minimum atomic E-state index is -0.884. The fourth-order valence-corrected chi connectivity index (χ4v) is 2.72. The van der Waals surface area contributed by atoms with Gasteiger partial charge in [0.2, 0.25) is 0 Å². The Labute approximate surface area is 120 Å². The zero-order valence-electron chi connectivity index (χ0n) is 12.0. The van der Waals surface area contributed by atoms with Gasteiger partial charge in [-0.05, 0) is 24.3 Å². The van der Waals surface area contributed by atoms with Crippen LogP contribution in [0.3, 0.4) is 0 Å². The Morgan fingerprint density at radius 3 is 2.60 bits per heavy atom. The standard InChI is InChI=1S/C16H23NO3/c1-13(14-5-3-2-4-6-14)11-17-9-7-15(8-10-17)20-12-16(18)19/h2-6,13,15H,7-12H2,1H3,(H,18,19). The van der Waals surface area contributed by atoms with Crippen LogP contribution in [0.4, 0.5) is 0 Å². The molecule has 1 aliphatic heterocycles. The summed E-state index contributed by atoms with van der Waals surface area (Å²) >= 11 is 0. The zero-order valence-corrected chi connectivity index (χ0v) is 12.0. The second-order valence-corrected chi connectivity index (χ2v) is 5.52. The van der Waals surface area contributed by atoms with Crippen molar-refractivity contribution in [1.82, 2.24) is 4.90 Å². The highest BCUT2D eigenvalue weighted by atomic mass is 16.5. The van der Waals surface area contributed by atoms with Crippen molar-refractivity contribution in [2.24, 2.45) is 0 Å². The maximum absolute atomic E-state index is 10.5. The minimum Gasteiger partial charge on any atom is -0.480 e. The molecule has 0 saturated carbocycles. The molecule has 1 aromatic rings. The molecule has 4 heteroatoms. The van der Waals surface area contributed by atoms with Crippen molar-refractivity contribution in [2.75, 3.05) is 26.2 Å². The molecule has 1 fully saturated rings. The maximum Gasteiger partial charge on any atom is 0.329 e. The number of nitrogens with zero attached hydrogens (tertiary/aromatic N) is 1. The fraction of sp³-hybridized carbons (Fsp3) is 0.562. The van der Waals surface area contributed by atoms with Gasteiger partial charge >= 0.3 is 5.97 Å². The molecule has 1 unspecified atom stereocenters. The van der Waals surface area contributed by atoms with Crippen molar-refractivity contribution in [2.45, 2.75) is 31.8 Å². The van der Waals surface area contributed by atoms with Gasteiger partial charge in [-0.2, -0.15) is 0 Å². The second kappa shape index (κ2) is 7.41. The molecule has 0 bridgehead atoms. The summed E-state index contributed by atoms with van der Waals surface area (Å²) in [6.45, 7) is 5.10. The van der Waals surface area contributed by atoms with Gasteiger partial charge in [0.25, 0.3) is 0 Å². The van der Waals surface area contributed by atoms with E-state index in [2.05, 4.69) is 36.1 Å².